The van der Waals surface area contributed by atoms with Gasteiger partial charge in [-0.15, -0.1) is 0 Å². The molecule has 1 fully saturated rings. The molecule has 0 aromatic heterocycles. The van der Waals surface area contributed by atoms with E-state index in [0.717, 1.165) is 24.5 Å². The monoisotopic (exact) mass is 299 g/mol. The summed E-state index contributed by atoms with van der Waals surface area (Å²) in [5.41, 5.74) is 7.22. The highest BCUT2D eigenvalue weighted by atomic mass is 35.5. The first-order chi connectivity index (χ1) is 9.15. The van der Waals surface area contributed by atoms with Crippen LogP contribution in [0.1, 0.15) is 18.9 Å². The van der Waals surface area contributed by atoms with Gasteiger partial charge in [-0.2, -0.15) is 11.8 Å². The smallest absolute Gasteiger partial charge is 0.170 e. The topological polar surface area (TPSA) is 61.8 Å². The van der Waals surface area contributed by atoms with Crippen molar-refractivity contribution < 1.29 is 5.21 Å². The predicted molar refractivity (Wildman–Crippen MR) is 82.7 cm³/mol. The normalized spacial score (nSPS) is 20.6. The number of benzene rings is 1. The van der Waals surface area contributed by atoms with Crippen LogP contribution >= 0.6 is 23.4 Å². The van der Waals surface area contributed by atoms with Crippen molar-refractivity contribution in [2.45, 2.75) is 18.6 Å². The van der Waals surface area contributed by atoms with E-state index in [1.54, 1.807) is 6.07 Å². The van der Waals surface area contributed by atoms with Gasteiger partial charge in [-0.05, 0) is 24.6 Å². The minimum Gasteiger partial charge on any atom is -0.409 e. The lowest BCUT2D eigenvalue weighted by Gasteiger charge is -2.34. The second-order valence-electron chi connectivity index (χ2n) is 4.50. The van der Waals surface area contributed by atoms with Gasteiger partial charge in [-0.25, -0.2) is 0 Å². The number of hydrogen-bond acceptors (Lipinski definition) is 4. The molecule has 1 aromatic carbocycles. The minimum absolute atomic E-state index is 0.0779. The highest BCUT2D eigenvalue weighted by molar-refractivity contribution is 8.00. The molecule has 3 N–H and O–H groups in total. The Morgan fingerprint density at radius 2 is 2.42 bits per heavy atom. The Hall–Kier alpha value is -1.07. The van der Waals surface area contributed by atoms with E-state index < -0.39 is 0 Å². The standard InChI is InChI=1S/C13H18ClN3OS/c1-2-10-8-17(5-6-19-10)12-4-3-9(7-11(12)14)13(15)16-18/h3-4,7,10,18H,2,5-6,8H2,1H3,(H2,15,16). The van der Waals surface area contributed by atoms with Crippen molar-refractivity contribution in [3.63, 3.8) is 0 Å². The van der Waals surface area contributed by atoms with Gasteiger partial charge >= 0.3 is 0 Å². The summed E-state index contributed by atoms with van der Waals surface area (Å²) >= 11 is 8.34. The summed E-state index contributed by atoms with van der Waals surface area (Å²) in [5.74, 6) is 1.20. The first-order valence-corrected chi connectivity index (χ1v) is 7.72. The Balaban J connectivity index is 2.21. The van der Waals surface area contributed by atoms with E-state index in [1.807, 2.05) is 23.9 Å². The van der Waals surface area contributed by atoms with E-state index in [-0.39, 0.29) is 5.84 Å². The van der Waals surface area contributed by atoms with Crippen molar-refractivity contribution in [3.8, 4) is 0 Å². The van der Waals surface area contributed by atoms with Crippen LogP contribution in [0.15, 0.2) is 23.4 Å². The summed E-state index contributed by atoms with van der Waals surface area (Å²) in [6.45, 7) is 4.23. The van der Waals surface area contributed by atoms with Crippen LogP contribution in [-0.2, 0) is 0 Å². The molecule has 0 bridgehead atoms. The molecule has 0 spiro atoms. The molecule has 1 unspecified atom stereocenters. The average Bonchev–Trinajstić information content (AvgIpc) is 2.46. The molecule has 2 rings (SSSR count). The molecule has 0 radical (unpaired) electrons. The largest absolute Gasteiger partial charge is 0.409 e. The summed E-state index contributed by atoms with van der Waals surface area (Å²) in [6.07, 6.45) is 1.17. The number of nitrogens with two attached hydrogens (primary N) is 1. The number of hydrogen-bond donors (Lipinski definition) is 2. The molecule has 0 saturated carbocycles. The third kappa shape index (κ3) is 3.28. The number of oxime groups is 1. The second-order valence-corrected chi connectivity index (χ2v) is 6.31. The van der Waals surface area contributed by atoms with Crippen LogP contribution in [0.2, 0.25) is 5.02 Å². The van der Waals surface area contributed by atoms with Crippen LogP contribution in [0.3, 0.4) is 0 Å². The van der Waals surface area contributed by atoms with Gasteiger partial charge in [0.25, 0.3) is 0 Å². The second kappa shape index (κ2) is 6.39. The van der Waals surface area contributed by atoms with Crippen LogP contribution in [0, 0.1) is 0 Å². The molecule has 1 atom stereocenters. The van der Waals surface area contributed by atoms with Gasteiger partial charge < -0.3 is 15.8 Å². The molecule has 104 valence electrons. The Bertz CT molecular complexity index is 481. The molecule has 1 aromatic rings. The lowest BCUT2D eigenvalue weighted by atomic mass is 10.1. The van der Waals surface area contributed by atoms with Gasteiger partial charge in [-0.1, -0.05) is 23.7 Å². The first-order valence-electron chi connectivity index (χ1n) is 6.29. The van der Waals surface area contributed by atoms with Gasteiger partial charge in [0.15, 0.2) is 5.84 Å². The molecule has 19 heavy (non-hydrogen) atoms. The van der Waals surface area contributed by atoms with Gasteiger partial charge in [0.2, 0.25) is 0 Å². The highest BCUT2D eigenvalue weighted by Crippen LogP contribution is 2.31. The number of anilines is 1. The molecule has 1 aliphatic rings. The molecule has 0 aliphatic carbocycles. The maximum atomic E-state index is 8.67. The van der Waals surface area contributed by atoms with Crippen LogP contribution < -0.4 is 10.6 Å². The summed E-state index contributed by atoms with van der Waals surface area (Å²) in [7, 11) is 0. The van der Waals surface area contributed by atoms with Crippen molar-refractivity contribution >= 4 is 34.9 Å². The third-order valence-corrected chi connectivity index (χ3v) is 4.96. The first kappa shape index (κ1) is 14.3. The van der Waals surface area contributed by atoms with E-state index in [9.17, 15) is 0 Å². The lowest BCUT2D eigenvalue weighted by molar-refractivity contribution is 0.318. The van der Waals surface area contributed by atoms with Crippen LogP contribution in [0.25, 0.3) is 0 Å². The minimum atomic E-state index is 0.0779. The molecule has 1 heterocycles. The predicted octanol–water partition coefficient (Wildman–Crippen LogP) is 2.77. The van der Waals surface area contributed by atoms with E-state index in [2.05, 4.69) is 17.0 Å². The fourth-order valence-electron chi connectivity index (χ4n) is 2.17. The molecule has 6 heteroatoms. The fraction of sp³-hybridized carbons (Fsp3) is 0.462. The van der Waals surface area contributed by atoms with Crippen molar-refractivity contribution in [2.75, 3.05) is 23.7 Å². The summed E-state index contributed by atoms with van der Waals surface area (Å²) < 4.78 is 0. The van der Waals surface area contributed by atoms with Crippen molar-refractivity contribution in [2.24, 2.45) is 10.9 Å². The lowest BCUT2D eigenvalue weighted by Crippen LogP contribution is -2.37. The maximum Gasteiger partial charge on any atom is 0.170 e. The zero-order valence-corrected chi connectivity index (χ0v) is 12.4. The van der Waals surface area contributed by atoms with E-state index >= 15 is 0 Å². The average molecular weight is 300 g/mol. The Labute approximate surface area is 122 Å². The van der Waals surface area contributed by atoms with Gasteiger partial charge in [0.1, 0.15) is 0 Å². The van der Waals surface area contributed by atoms with Crippen LogP contribution in [-0.4, -0.2) is 35.1 Å². The van der Waals surface area contributed by atoms with Crippen molar-refractivity contribution in [3.05, 3.63) is 28.8 Å². The SMILES string of the molecule is CCC1CN(c2ccc(/C(N)=N/O)cc2Cl)CCS1. The number of halogens is 1. The third-order valence-electron chi connectivity index (χ3n) is 3.29. The molecule has 1 aliphatic heterocycles. The zero-order valence-electron chi connectivity index (χ0n) is 10.8. The van der Waals surface area contributed by atoms with E-state index in [1.165, 1.54) is 6.42 Å². The number of nitrogens with zero attached hydrogens (tertiary/aromatic N) is 2. The summed E-state index contributed by atoms with van der Waals surface area (Å²) in [6, 6.07) is 5.52. The quantitative estimate of drug-likeness (QED) is 0.390. The zero-order chi connectivity index (χ0) is 13.8. The van der Waals surface area contributed by atoms with E-state index in [4.69, 9.17) is 22.5 Å². The van der Waals surface area contributed by atoms with Crippen LogP contribution in [0.4, 0.5) is 5.69 Å². The Kier molecular flexibility index (Phi) is 4.82. The van der Waals surface area contributed by atoms with E-state index in [0.29, 0.717) is 15.8 Å². The Morgan fingerprint density at radius 1 is 1.63 bits per heavy atom. The van der Waals surface area contributed by atoms with Crippen LogP contribution in [0.5, 0.6) is 0 Å². The maximum absolute atomic E-state index is 8.67. The van der Waals surface area contributed by atoms with Crippen molar-refractivity contribution in [1.29, 1.82) is 0 Å². The van der Waals surface area contributed by atoms with Gasteiger partial charge in [0, 0.05) is 29.7 Å². The Morgan fingerprint density at radius 3 is 3.05 bits per heavy atom. The number of rotatable bonds is 3. The van der Waals surface area contributed by atoms with Gasteiger partial charge in [-0.3, -0.25) is 0 Å². The summed E-state index contributed by atoms with van der Waals surface area (Å²) in [4.78, 5) is 2.31. The molecule has 1 saturated heterocycles. The summed E-state index contributed by atoms with van der Waals surface area (Å²) in [5, 5.41) is 13.0. The van der Waals surface area contributed by atoms with Gasteiger partial charge in [0.05, 0.1) is 10.7 Å². The fourth-order valence-corrected chi connectivity index (χ4v) is 3.65. The molecule has 4 nitrogen and oxygen atoms in total. The molecular weight excluding hydrogens is 282 g/mol. The highest BCUT2D eigenvalue weighted by Gasteiger charge is 2.21. The van der Waals surface area contributed by atoms with Crippen molar-refractivity contribution in [1.82, 2.24) is 0 Å². The number of amidine groups is 1. The number of thioether (sulfide) groups is 1. The molecule has 0 amide bonds. The molecular formula is C13H18ClN3OS.